The molecule has 14 heavy (non-hydrogen) atoms. The Morgan fingerprint density at radius 2 is 2.36 bits per heavy atom. The number of aromatic nitrogens is 1. The van der Waals surface area contributed by atoms with Crippen molar-refractivity contribution in [1.82, 2.24) is 4.98 Å². The summed E-state index contributed by atoms with van der Waals surface area (Å²) in [5, 5.41) is 9.53. The predicted molar refractivity (Wildman–Crippen MR) is 53.7 cm³/mol. The number of fused-ring (bicyclic) bond motifs is 1. The van der Waals surface area contributed by atoms with Crippen molar-refractivity contribution in [3.63, 3.8) is 0 Å². The van der Waals surface area contributed by atoms with Gasteiger partial charge in [0.25, 0.3) is 0 Å². The minimum Gasteiger partial charge on any atom is -0.241 e. The van der Waals surface area contributed by atoms with Crippen LogP contribution in [0.2, 0.25) is 0 Å². The van der Waals surface area contributed by atoms with Gasteiger partial charge in [-0.2, -0.15) is 5.26 Å². The van der Waals surface area contributed by atoms with Crippen LogP contribution in [-0.4, -0.2) is 4.98 Å². The first-order valence-electron chi connectivity index (χ1n) is 4.24. The third-order valence-electron chi connectivity index (χ3n) is 1.96. The lowest BCUT2D eigenvalue weighted by atomic mass is 10.2. The molecule has 1 heterocycles. The van der Waals surface area contributed by atoms with E-state index in [2.05, 4.69) is 4.98 Å². The van der Waals surface area contributed by atoms with Gasteiger partial charge in [0.05, 0.1) is 20.8 Å². The molecular formula is C10H7FN2S. The minimum atomic E-state index is -0.442. The Kier molecular flexibility index (Phi) is 2.18. The number of rotatable bonds is 1. The lowest BCUT2D eigenvalue weighted by Crippen LogP contribution is -1.82. The number of benzene rings is 1. The molecule has 0 saturated carbocycles. The molecule has 0 bridgehead atoms. The molecule has 70 valence electrons. The highest BCUT2D eigenvalue weighted by Gasteiger charge is 2.10. The molecule has 0 aliphatic rings. The van der Waals surface area contributed by atoms with Crippen LogP contribution in [0, 0.1) is 17.1 Å². The monoisotopic (exact) mass is 206 g/mol. The van der Waals surface area contributed by atoms with Crippen LogP contribution < -0.4 is 0 Å². The molecule has 0 aliphatic carbocycles. The Morgan fingerprint density at radius 3 is 3.00 bits per heavy atom. The standard InChI is InChI=1S/C10H7FN2S/c1-2-8-13-7-4-3-6(5-12)9(11)10(7)14-8/h3-4H,2H2,1H3. The van der Waals surface area contributed by atoms with E-state index in [1.807, 2.05) is 13.0 Å². The fraction of sp³-hybridized carbons (Fsp3) is 0.200. The molecule has 1 aromatic carbocycles. The maximum absolute atomic E-state index is 13.6. The summed E-state index contributed by atoms with van der Waals surface area (Å²) in [7, 11) is 0. The molecule has 0 radical (unpaired) electrons. The molecule has 0 atom stereocenters. The van der Waals surface area contributed by atoms with Gasteiger partial charge in [-0.05, 0) is 18.6 Å². The van der Waals surface area contributed by atoms with Gasteiger partial charge < -0.3 is 0 Å². The first-order valence-corrected chi connectivity index (χ1v) is 5.06. The van der Waals surface area contributed by atoms with E-state index in [0.29, 0.717) is 10.2 Å². The summed E-state index contributed by atoms with van der Waals surface area (Å²) in [6, 6.07) is 4.97. The molecule has 2 aromatic rings. The number of aryl methyl sites for hydroxylation is 1. The zero-order valence-corrected chi connectivity index (χ0v) is 8.36. The number of thiazole rings is 1. The smallest absolute Gasteiger partial charge is 0.160 e. The van der Waals surface area contributed by atoms with Crippen LogP contribution >= 0.6 is 11.3 Å². The van der Waals surface area contributed by atoms with Crippen molar-refractivity contribution < 1.29 is 4.39 Å². The van der Waals surface area contributed by atoms with E-state index >= 15 is 0 Å². The van der Waals surface area contributed by atoms with Crippen molar-refractivity contribution in [3.05, 3.63) is 28.5 Å². The topological polar surface area (TPSA) is 36.7 Å². The van der Waals surface area contributed by atoms with Crippen LogP contribution in [0.25, 0.3) is 10.2 Å². The van der Waals surface area contributed by atoms with Gasteiger partial charge in [0, 0.05) is 0 Å². The molecule has 2 rings (SSSR count). The van der Waals surface area contributed by atoms with E-state index in [-0.39, 0.29) is 5.56 Å². The highest BCUT2D eigenvalue weighted by atomic mass is 32.1. The SMILES string of the molecule is CCc1nc2ccc(C#N)c(F)c2s1. The maximum atomic E-state index is 13.6. The van der Waals surface area contributed by atoms with Crippen molar-refractivity contribution in [1.29, 1.82) is 5.26 Å². The average Bonchev–Trinajstić information content (AvgIpc) is 2.62. The molecule has 0 aliphatic heterocycles. The van der Waals surface area contributed by atoms with Gasteiger partial charge in [-0.25, -0.2) is 9.37 Å². The Balaban J connectivity index is 2.76. The molecule has 0 N–H and O–H groups in total. The molecule has 0 fully saturated rings. The second kappa shape index (κ2) is 3.35. The minimum absolute atomic E-state index is 0.0869. The fourth-order valence-electron chi connectivity index (χ4n) is 1.24. The van der Waals surface area contributed by atoms with Crippen LogP contribution in [-0.2, 0) is 6.42 Å². The highest BCUT2D eigenvalue weighted by molar-refractivity contribution is 7.18. The fourth-order valence-corrected chi connectivity index (χ4v) is 2.19. The summed E-state index contributed by atoms with van der Waals surface area (Å²) in [5.41, 5.74) is 0.729. The van der Waals surface area contributed by atoms with Gasteiger partial charge in [-0.1, -0.05) is 6.92 Å². The number of hydrogen-bond acceptors (Lipinski definition) is 3. The maximum Gasteiger partial charge on any atom is 0.160 e. The quantitative estimate of drug-likeness (QED) is 0.719. The van der Waals surface area contributed by atoms with Gasteiger partial charge >= 0.3 is 0 Å². The highest BCUT2D eigenvalue weighted by Crippen LogP contribution is 2.26. The summed E-state index contributed by atoms with van der Waals surface area (Å²) in [6.45, 7) is 1.97. The molecule has 2 nitrogen and oxygen atoms in total. The molecular weight excluding hydrogens is 199 g/mol. The average molecular weight is 206 g/mol. The number of hydrogen-bond donors (Lipinski definition) is 0. The summed E-state index contributed by atoms with van der Waals surface area (Å²) in [5.74, 6) is -0.442. The lowest BCUT2D eigenvalue weighted by molar-refractivity contribution is 0.638. The van der Waals surface area contributed by atoms with Gasteiger partial charge in [-0.3, -0.25) is 0 Å². The van der Waals surface area contributed by atoms with Crippen molar-refractivity contribution >= 4 is 21.6 Å². The Hall–Kier alpha value is -1.47. The Labute approximate surface area is 84.6 Å². The summed E-state index contributed by atoms with van der Waals surface area (Å²) in [4.78, 5) is 4.24. The molecule has 0 saturated heterocycles. The normalized spacial score (nSPS) is 10.4. The Bertz CT molecular complexity index is 525. The molecule has 4 heteroatoms. The van der Waals surface area contributed by atoms with Crippen LogP contribution in [0.15, 0.2) is 12.1 Å². The first-order chi connectivity index (χ1) is 6.76. The largest absolute Gasteiger partial charge is 0.241 e. The van der Waals surface area contributed by atoms with E-state index in [4.69, 9.17) is 5.26 Å². The lowest BCUT2D eigenvalue weighted by Gasteiger charge is -1.92. The van der Waals surface area contributed by atoms with E-state index in [1.54, 1.807) is 6.07 Å². The van der Waals surface area contributed by atoms with Gasteiger partial charge in [0.2, 0.25) is 0 Å². The van der Waals surface area contributed by atoms with E-state index in [1.165, 1.54) is 17.4 Å². The first kappa shape index (κ1) is 9.10. The number of halogens is 1. The van der Waals surface area contributed by atoms with Crippen LogP contribution in [0.4, 0.5) is 4.39 Å². The van der Waals surface area contributed by atoms with Crippen molar-refractivity contribution in [2.45, 2.75) is 13.3 Å². The zero-order valence-electron chi connectivity index (χ0n) is 7.54. The molecule has 0 spiro atoms. The second-order valence-corrected chi connectivity index (χ2v) is 3.93. The van der Waals surface area contributed by atoms with Crippen molar-refractivity contribution in [2.24, 2.45) is 0 Å². The predicted octanol–water partition coefficient (Wildman–Crippen LogP) is 2.87. The summed E-state index contributed by atoms with van der Waals surface area (Å²) in [6.07, 6.45) is 0.792. The van der Waals surface area contributed by atoms with Gasteiger partial charge in [-0.15, -0.1) is 11.3 Å². The van der Waals surface area contributed by atoms with E-state index in [0.717, 1.165) is 11.4 Å². The van der Waals surface area contributed by atoms with Crippen LogP contribution in [0.3, 0.4) is 0 Å². The molecule has 0 amide bonds. The van der Waals surface area contributed by atoms with Gasteiger partial charge in [0.1, 0.15) is 6.07 Å². The van der Waals surface area contributed by atoms with Crippen LogP contribution in [0.5, 0.6) is 0 Å². The summed E-state index contributed by atoms with van der Waals surface area (Å²) < 4.78 is 14.1. The van der Waals surface area contributed by atoms with Crippen molar-refractivity contribution in [3.8, 4) is 6.07 Å². The zero-order chi connectivity index (χ0) is 10.1. The van der Waals surface area contributed by atoms with Gasteiger partial charge in [0.15, 0.2) is 5.82 Å². The number of nitrogens with zero attached hydrogens (tertiary/aromatic N) is 2. The Morgan fingerprint density at radius 1 is 1.57 bits per heavy atom. The second-order valence-electron chi connectivity index (χ2n) is 2.85. The third-order valence-corrected chi connectivity index (χ3v) is 3.17. The van der Waals surface area contributed by atoms with E-state index in [9.17, 15) is 4.39 Å². The number of nitriles is 1. The van der Waals surface area contributed by atoms with Crippen LogP contribution in [0.1, 0.15) is 17.5 Å². The van der Waals surface area contributed by atoms with Crippen molar-refractivity contribution in [2.75, 3.05) is 0 Å². The third kappa shape index (κ3) is 1.26. The molecule has 0 unspecified atom stereocenters. The van der Waals surface area contributed by atoms with E-state index < -0.39 is 5.82 Å². The summed E-state index contributed by atoms with van der Waals surface area (Å²) >= 11 is 1.32. The molecule has 1 aromatic heterocycles.